The Bertz CT molecular complexity index is 5.51. The van der Waals surface area contributed by atoms with E-state index in [-0.39, 0.29) is 59.0 Å². The maximum absolute atomic E-state index is 0. The summed E-state index contributed by atoms with van der Waals surface area (Å²) >= 11 is 0. The van der Waals surface area contributed by atoms with Gasteiger partial charge in [-0.25, -0.2) is 0 Å². The Hall–Kier alpha value is 1.01. The maximum atomic E-state index is 0. The summed E-state index contributed by atoms with van der Waals surface area (Å²) in [6, 6.07) is 0. The van der Waals surface area contributed by atoms with Crippen molar-refractivity contribution >= 4 is 0 Å². The summed E-state index contributed by atoms with van der Waals surface area (Å²) in [6.45, 7) is 0. The molecular weight excluding hydrogens is 166 g/mol. The number of rotatable bonds is 0. The van der Waals surface area contributed by atoms with Gasteiger partial charge in [-0.2, -0.15) is 0 Å². The molecule has 0 unspecified atom stereocenters. The number of hydrogen-bond acceptors (Lipinski definition) is 0. The molecule has 0 heterocycles. The van der Waals surface area contributed by atoms with Gasteiger partial charge in [-0.1, -0.05) is 0 Å². The van der Waals surface area contributed by atoms with E-state index in [9.17, 15) is 0 Å². The van der Waals surface area contributed by atoms with Gasteiger partial charge in [0, 0.05) is 0 Å². The minimum absolute atomic E-state index is 0. The first-order chi connectivity index (χ1) is 0. The Morgan fingerprint density at radius 3 is 0.333 bits per heavy atom. The van der Waals surface area contributed by atoms with E-state index in [0.29, 0.717) is 0 Å². The smallest absolute Gasteiger partial charge is 2.00 e. The van der Waals surface area contributed by atoms with Gasteiger partial charge in [0.05, 0.1) is 0 Å². The fraction of sp³-hybridized carbons (Fsp3) is 0. The molecule has 0 aromatic rings. The summed E-state index contributed by atoms with van der Waals surface area (Å²) in [4.78, 5) is 0. The van der Waals surface area contributed by atoms with Crippen LogP contribution in [0.15, 0.2) is 0 Å². The third-order valence-corrected chi connectivity index (χ3v) is 0. The molecule has 0 spiro atoms. The zero-order chi connectivity index (χ0) is 0. The minimum atomic E-state index is 0. The molecule has 0 amide bonds. The molecule has 0 aromatic carbocycles. The van der Waals surface area contributed by atoms with Gasteiger partial charge in [0.2, 0.25) is 0 Å². The van der Waals surface area contributed by atoms with Crippen molar-refractivity contribution in [1.29, 1.82) is 0 Å². The van der Waals surface area contributed by atoms with E-state index in [1.807, 2.05) is 0 Å². The van der Waals surface area contributed by atoms with Crippen LogP contribution in [0.25, 0.3) is 0 Å². The molecule has 0 fully saturated rings. The Kier molecular flexibility index (Phi) is 6140. The summed E-state index contributed by atoms with van der Waals surface area (Å²) in [5, 5.41) is 0. The fourth-order valence-corrected chi connectivity index (χ4v) is 0. The van der Waals surface area contributed by atoms with E-state index in [4.69, 9.17) is 0 Å². The number of hydrogen-bond donors (Lipinski definition) is 0. The molecule has 0 aliphatic heterocycles. The van der Waals surface area contributed by atoms with Gasteiger partial charge in [0.25, 0.3) is 0 Å². The summed E-state index contributed by atoms with van der Waals surface area (Å²) in [5.41, 5.74) is 0. The van der Waals surface area contributed by atoms with Crippen molar-refractivity contribution in [3.63, 3.8) is 0 Å². The van der Waals surface area contributed by atoms with Gasteiger partial charge in [-0.05, 0) is 0 Å². The third-order valence-electron chi connectivity index (χ3n) is 0. The van der Waals surface area contributed by atoms with Crippen LogP contribution >= 0.6 is 0 Å². The topological polar surface area (TPSA) is 114 Å². The van der Waals surface area contributed by atoms with Gasteiger partial charge < -0.3 is 21.9 Å². The summed E-state index contributed by atoms with van der Waals surface area (Å²) in [7, 11) is 0. The van der Waals surface area contributed by atoms with Crippen LogP contribution in [0, 0.1) is 0 Å². The zero-order valence-electron chi connectivity index (χ0n) is 2.53. The second-order valence-electron chi connectivity index (χ2n) is 0. The molecule has 0 aliphatic carbocycles. The van der Waals surface area contributed by atoms with E-state index in [1.54, 1.807) is 0 Å². The van der Waals surface area contributed by atoms with Gasteiger partial charge in [-0.15, -0.1) is 0 Å². The van der Waals surface area contributed by atoms with Crippen LogP contribution in [-0.4, -0.2) is 0 Å². The quantitative estimate of drug-likeness (QED) is 0.462. The molecule has 0 aromatic heterocycles. The van der Waals surface area contributed by atoms with Gasteiger partial charge >= 0.3 is 37.1 Å². The zero-order valence-corrected chi connectivity index (χ0v) is 5.32. The van der Waals surface area contributed by atoms with Crippen molar-refractivity contribution in [1.82, 2.24) is 0 Å². The van der Waals surface area contributed by atoms with Gasteiger partial charge in [0.1, 0.15) is 0 Å². The average molecular weight is 166 g/mol. The van der Waals surface area contributed by atoms with Crippen molar-refractivity contribution in [3.8, 4) is 0 Å². The molecule has 0 bridgehead atoms. The van der Waals surface area contributed by atoms with E-state index in [1.165, 1.54) is 0 Å². The Morgan fingerprint density at radius 2 is 0.333 bits per heavy atom. The van der Waals surface area contributed by atoms with Crippen LogP contribution in [0.5, 0.6) is 0 Å². The third kappa shape index (κ3) is 79.1. The summed E-state index contributed by atoms with van der Waals surface area (Å²) in [6.07, 6.45) is 0. The van der Waals surface area contributed by atoms with Crippen molar-refractivity contribution in [2.45, 2.75) is 0 Å². The monoisotopic (exact) mass is 166 g/mol. The van der Waals surface area contributed by atoms with E-state index in [2.05, 4.69) is 0 Å². The Balaban J connectivity index is 0. The maximum Gasteiger partial charge on any atom is 4.00 e. The molecule has 0 atom stereocenters. The Labute approximate surface area is 59.3 Å². The van der Waals surface area contributed by atoms with E-state index < -0.39 is 0 Å². The van der Waals surface area contributed by atoms with Crippen LogP contribution in [0.2, 0.25) is 0 Å². The predicted octanol–water partition coefficient (Wildman–Crippen LogP) is -0.480. The van der Waals surface area contributed by atoms with Gasteiger partial charge in [0.15, 0.2) is 0 Å². The van der Waals surface area contributed by atoms with E-state index in [0.717, 1.165) is 0 Å². The minimum Gasteiger partial charge on any atom is -2.00 e. The first-order valence-electron chi connectivity index (χ1n) is 0. The molecule has 2 radical (unpaired) electrons. The molecule has 0 N–H and O–H groups in total. The average Bonchev–Trinajstić information content (AvgIpc) is 0. The normalized spacial score (nSPS) is 0. The fourth-order valence-electron chi connectivity index (χ4n) is 0. The molecule has 0 aliphatic rings. The molecule has 0 rings (SSSR count). The molecule has 0 saturated carbocycles. The van der Waals surface area contributed by atoms with Crippen LogP contribution in [0.4, 0.5) is 0 Å². The Morgan fingerprint density at radius 1 is 0.333 bits per heavy atom. The first kappa shape index (κ1) is 249. The van der Waals surface area contributed by atoms with E-state index >= 15 is 0 Å². The standard InChI is InChI=1S/4O.2V/q4*-2;2*+4. The van der Waals surface area contributed by atoms with Crippen LogP contribution in [0.3, 0.4) is 0 Å². The van der Waals surface area contributed by atoms with Crippen molar-refractivity contribution in [3.05, 3.63) is 0 Å². The largest absolute Gasteiger partial charge is 4.00 e. The predicted molar refractivity (Wildman–Crippen MR) is 2.75 cm³/mol. The summed E-state index contributed by atoms with van der Waals surface area (Å²) in [5.74, 6) is 0. The molecule has 34 valence electrons. The van der Waals surface area contributed by atoms with Crippen molar-refractivity contribution in [2.75, 3.05) is 0 Å². The molecule has 4 nitrogen and oxygen atoms in total. The van der Waals surface area contributed by atoms with Crippen LogP contribution < -0.4 is 0 Å². The van der Waals surface area contributed by atoms with Crippen molar-refractivity contribution in [2.24, 2.45) is 0 Å². The second-order valence-corrected chi connectivity index (χ2v) is 0. The second kappa shape index (κ2) is 148. The molecule has 6 heavy (non-hydrogen) atoms. The molecule has 6 heteroatoms. The molecular formula is O4V2. The van der Waals surface area contributed by atoms with Crippen LogP contribution in [-0.2, 0) is 59.0 Å². The van der Waals surface area contributed by atoms with Crippen LogP contribution in [0.1, 0.15) is 0 Å². The SMILES string of the molecule is [O-2].[O-2].[O-2].[O-2].[V+4].[V+4]. The summed E-state index contributed by atoms with van der Waals surface area (Å²) < 4.78 is 0. The van der Waals surface area contributed by atoms with Gasteiger partial charge in [-0.3, -0.25) is 0 Å². The molecule has 0 saturated heterocycles. The first-order valence-corrected chi connectivity index (χ1v) is 0. The van der Waals surface area contributed by atoms with Crippen molar-refractivity contribution < 1.29 is 59.0 Å².